The smallest absolute Gasteiger partial charge is 0.387 e. The second-order valence-corrected chi connectivity index (χ2v) is 6.23. The van der Waals surface area contributed by atoms with E-state index in [2.05, 4.69) is 4.98 Å². The Balaban J connectivity index is 1.99. The maximum absolute atomic E-state index is 12.5. The lowest BCUT2D eigenvalue weighted by Crippen LogP contribution is -2.29. The van der Waals surface area contributed by atoms with Gasteiger partial charge in [-0.3, -0.25) is 0 Å². The molecular formula is C12H13F6NOS. The number of aliphatic hydroxyl groups is 1. The Hall–Kier alpha value is -0.830. The normalized spacial score (nSPS) is 25.9. The molecule has 21 heavy (non-hydrogen) atoms. The van der Waals surface area contributed by atoms with E-state index < -0.39 is 35.3 Å². The van der Waals surface area contributed by atoms with Crippen molar-refractivity contribution < 1.29 is 31.4 Å². The number of aliphatic hydroxyl groups excluding tert-OH is 1. The highest BCUT2D eigenvalue weighted by molar-refractivity contribution is 7.11. The van der Waals surface area contributed by atoms with Gasteiger partial charge in [0.2, 0.25) is 0 Å². The monoisotopic (exact) mass is 333 g/mol. The van der Waals surface area contributed by atoms with Crippen molar-refractivity contribution >= 4 is 11.3 Å². The number of rotatable bonds is 2. The molecule has 1 unspecified atom stereocenters. The van der Waals surface area contributed by atoms with Crippen molar-refractivity contribution in [2.75, 3.05) is 0 Å². The first-order valence-corrected chi connectivity index (χ1v) is 7.18. The van der Waals surface area contributed by atoms with Gasteiger partial charge in [0.15, 0.2) is 5.01 Å². The Kier molecular flexibility index (Phi) is 4.53. The van der Waals surface area contributed by atoms with Gasteiger partial charge in [0.05, 0.1) is 16.9 Å². The van der Waals surface area contributed by atoms with E-state index in [9.17, 15) is 31.4 Å². The summed E-state index contributed by atoms with van der Waals surface area (Å²) in [7, 11) is 0. The molecule has 2 rings (SSSR count). The molecule has 1 atom stereocenters. The van der Waals surface area contributed by atoms with E-state index in [-0.39, 0.29) is 30.6 Å². The zero-order valence-electron chi connectivity index (χ0n) is 10.7. The van der Waals surface area contributed by atoms with Gasteiger partial charge >= 0.3 is 12.4 Å². The van der Waals surface area contributed by atoms with E-state index in [1.54, 1.807) is 0 Å². The third-order valence-electron chi connectivity index (χ3n) is 3.74. The van der Waals surface area contributed by atoms with Crippen LogP contribution in [0, 0.1) is 11.8 Å². The Labute approximate surface area is 120 Å². The fourth-order valence-electron chi connectivity index (χ4n) is 2.55. The molecule has 0 amide bonds. The number of hydrogen-bond donors (Lipinski definition) is 1. The van der Waals surface area contributed by atoms with Crippen LogP contribution in [0.1, 0.15) is 41.7 Å². The zero-order chi connectivity index (χ0) is 15.8. The summed E-state index contributed by atoms with van der Waals surface area (Å²) in [6.07, 6.45) is -8.97. The van der Waals surface area contributed by atoms with E-state index in [4.69, 9.17) is 0 Å². The molecular weight excluding hydrogens is 320 g/mol. The molecule has 1 N–H and O–H groups in total. The Morgan fingerprint density at radius 3 is 2.10 bits per heavy atom. The van der Waals surface area contributed by atoms with Crippen molar-refractivity contribution in [1.29, 1.82) is 0 Å². The Morgan fingerprint density at radius 2 is 1.67 bits per heavy atom. The standard InChI is InChI=1S/C12H13F6NOS/c13-11(14,15)7-3-1-6(2-4-7)9(20)8-5-19-10(21-8)12(16,17)18/h5-7,9,20H,1-4H2. The van der Waals surface area contributed by atoms with Crippen LogP contribution in [0.15, 0.2) is 6.20 Å². The molecule has 9 heteroatoms. The molecule has 0 saturated heterocycles. The van der Waals surface area contributed by atoms with Gasteiger partial charge in [-0.15, -0.1) is 11.3 Å². The average Bonchev–Trinajstić information content (AvgIpc) is 2.86. The van der Waals surface area contributed by atoms with Gasteiger partial charge in [-0.2, -0.15) is 26.3 Å². The van der Waals surface area contributed by atoms with Crippen LogP contribution in [0.4, 0.5) is 26.3 Å². The summed E-state index contributed by atoms with van der Waals surface area (Å²) in [4.78, 5) is 3.26. The molecule has 1 aromatic heterocycles. The average molecular weight is 333 g/mol. The number of hydrogen-bond acceptors (Lipinski definition) is 3. The van der Waals surface area contributed by atoms with E-state index in [0.29, 0.717) is 11.3 Å². The number of nitrogens with zero attached hydrogens (tertiary/aromatic N) is 1. The maximum atomic E-state index is 12.5. The number of aromatic nitrogens is 1. The lowest BCUT2D eigenvalue weighted by Gasteiger charge is -2.31. The predicted octanol–water partition coefficient (Wildman–Crippen LogP) is 4.56. The molecule has 120 valence electrons. The largest absolute Gasteiger partial charge is 0.443 e. The molecule has 1 aliphatic carbocycles. The Morgan fingerprint density at radius 1 is 1.10 bits per heavy atom. The second kappa shape index (κ2) is 5.75. The molecule has 0 aromatic carbocycles. The number of thiazole rings is 1. The van der Waals surface area contributed by atoms with Crippen LogP contribution in [-0.2, 0) is 6.18 Å². The lowest BCUT2D eigenvalue weighted by molar-refractivity contribution is -0.185. The topological polar surface area (TPSA) is 33.1 Å². The summed E-state index contributed by atoms with van der Waals surface area (Å²) in [6, 6.07) is 0. The quantitative estimate of drug-likeness (QED) is 0.805. The fourth-order valence-corrected chi connectivity index (χ4v) is 3.41. The maximum Gasteiger partial charge on any atom is 0.443 e. The van der Waals surface area contributed by atoms with Gasteiger partial charge in [0.1, 0.15) is 0 Å². The third-order valence-corrected chi connectivity index (χ3v) is 4.85. The van der Waals surface area contributed by atoms with E-state index in [1.807, 2.05) is 0 Å². The summed E-state index contributed by atoms with van der Waals surface area (Å²) >= 11 is 0.340. The van der Waals surface area contributed by atoms with Crippen LogP contribution in [-0.4, -0.2) is 16.3 Å². The van der Waals surface area contributed by atoms with Crippen molar-refractivity contribution in [3.05, 3.63) is 16.1 Å². The minimum Gasteiger partial charge on any atom is -0.387 e. The summed E-state index contributed by atoms with van der Waals surface area (Å²) in [5.41, 5.74) is 0. The van der Waals surface area contributed by atoms with Crippen LogP contribution < -0.4 is 0 Å². The van der Waals surface area contributed by atoms with Crippen LogP contribution in [0.3, 0.4) is 0 Å². The van der Waals surface area contributed by atoms with Gasteiger partial charge in [0.25, 0.3) is 0 Å². The van der Waals surface area contributed by atoms with Crippen molar-refractivity contribution in [2.45, 2.75) is 44.1 Å². The van der Waals surface area contributed by atoms with Gasteiger partial charge in [-0.25, -0.2) is 4.98 Å². The van der Waals surface area contributed by atoms with E-state index in [0.717, 1.165) is 6.20 Å². The molecule has 0 bridgehead atoms. The zero-order valence-corrected chi connectivity index (χ0v) is 11.5. The first-order chi connectivity index (χ1) is 9.59. The molecule has 1 fully saturated rings. The molecule has 1 aliphatic rings. The van der Waals surface area contributed by atoms with E-state index >= 15 is 0 Å². The van der Waals surface area contributed by atoms with Crippen molar-refractivity contribution in [2.24, 2.45) is 11.8 Å². The van der Waals surface area contributed by atoms with Gasteiger partial charge in [-0.1, -0.05) is 0 Å². The highest BCUT2D eigenvalue weighted by Crippen LogP contribution is 2.44. The van der Waals surface area contributed by atoms with Crippen molar-refractivity contribution in [1.82, 2.24) is 4.98 Å². The summed E-state index contributed by atoms with van der Waals surface area (Å²) in [5, 5.41) is 8.98. The molecule has 2 nitrogen and oxygen atoms in total. The molecule has 0 radical (unpaired) electrons. The van der Waals surface area contributed by atoms with Crippen LogP contribution in [0.25, 0.3) is 0 Å². The summed E-state index contributed by atoms with van der Waals surface area (Å²) < 4.78 is 74.9. The first kappa shape index (κ1) is 16.5. The predicted molar refractivity (Wildman–Crippen MR) is 63.6 cm³/mol. The van der Waals surface area contributed by atoms with Gasteiger partial charge in [0, 0.05) is 6.20 Å². The molecule has 0 aliphatic heterocycles. The van der Waals surface area contributed by atoms with Crippen LogP contribution in [0.5, 0.6) is 0 Å². The molecule has 1 heterocycles. The highest BCUT2D eigenvalue weighted by atomic mass is 32.1. The molecule has 1 aromatic rings. The molecule has 0 spiro atoms. The second-order valence-electron chi connectivity index (χ2n) is 5.16. The third kappa shape index (κ3) is 3.88. The number of alkyl halides is 6. The fraction of sp³-hybridized carbons (Fsp3) is 0.750. The summed E-state index contributed by atoms with van der Waals surface area (Å²) in [6.45, 7) is 0. The summed E-state index contributed by atoms with van der Waals surface area (Å²) in [5.74, 6) is -1.83. The molecule has 1 saturated carbocycles. The van der Waals surface area contributed by atoms with Crippen LogP contribution in [0.2, 0.25) is 0 Å². The van der Waals surface area contributed by atoms with Gasteiger partial charge in [-0.05, 0) is 31.6 Å². The Bertz CT molecular complexity index is 475. The number of halogens is 6. The van der Waals surface area contributed by atoms with Crippen molar-refractivity contribution in [3.63, 3.8) is 0 Å². The van der Waals surface area contributed by atoms with Gasteiger partial charge < -0.3 is 5.11 Å². The van der Waals surface area contributed by atoms with Crippen LogP contribution >= 0.6 is 11.3 Å². The van der Waals surface area contributed by atoms with E-state index in [1.165, 1.54) is 0 Å². The SMILES string of the molecule is OC(c1cnc(C(F)(F)F)s1)C1CCC(C(F)(F)F)CC1. The highest BCUT2D eigenvalue weighted by Gasteiger charge is 2.43. The minimum atomic E-state index is -4.57. The van der Waals surface area contributed by atoms with Crippen molar-refractivity contribution in [3.8, 4) is 0 Å². The minimum absolute atomic E-state index is 0.0535. The lowest BCUT2D eigenvalue weighted by atomic mass is 9.79. The first-order valence-electron chi connectivity index (χ1n) is 6.36.